The van der Waals surface area contributed by atoms with Crippen LogP contribution in [0.3, 0.4) is 0 Å². The normalized spacial score (nSPS) is 18.1. The summed E-state index contributed by atoms with van der Waals surface area (Å²) in [5.74, 6) is -0.386. The molecule has 0 heterocycles. The first-order valence-corrected chi connectivity index (χ1v) is 13.5. The summed E-state index contributed by atoms with van der Waals surface area (Å²) < 4.78 is 5.37. The number of carbonyl (C=O) groups excluding carboxylic acids is 3. The second-order valence-corrected chi connectivity index (χ2v) is 11.7. The van der Waals surface area contributed by atoms with E-state index < -0.39 is 23.8 Å². The van der Waals surface area contributed by atoms with Crippen LogP contribution in [-0.4, -0.2) is 40.5 Å². The van der Waals surface area contributed by atoms with Crippen LogP contribution in [0, 0.1) is 19.8 Å². The zero-order valence-corrected chi connectivity index (χ0v) is 23.9. The molecule has 0 spiro atoms. The summed E-state index contributed by atoms with van der Waals surface area (Å²) in [5, 5.41) is 7.82. The Morgan fingerprint density at radius 1 is 0.949 bits per heavy atom. The van der Waals surface area contributed by atoms with Gasteiger partial charge in [-0.25, -0.2) is 4.79 Å². The molecule has 1 saturated carbocycles. The summed E-state index contributed by atoms with van der Waals surface area (Å²) in [6.45, 7) is 13.0. The van der Waals surface area contributed by atoms with Gasteiger partial charge in [0.15, 0.2) is 0 Å². The van der Waals surface area contributed by atoms with E-state index in [-0.39, 0.29) is 23.8 Å². The maximum atomic E-state index is 14.0. The number of carbonyl (C=O) groups is 3. The fourth-order valence-electron chi connectivity index (χ4n) is 4.79. The van der Waals surface area contributed by atoms with Crippen molar-refractivity contribution in [3.63, 3.8) is 0 Å². The number of fused-ring (bicyclic) bond motifs is 1. The molecule has 0 saturated heterocycles. The van der Waals surface area contributed by atoms with Crippen LogP contribution < -0.4 is 10.6 Å². The number of ether oxygens (including phenoxy) is 1. The molecule has 0 radical (unpaired) electrons. The lowest BCUT2D eigenvalue weighted by Gasteiger charge is -2.34. The highest BCUT2D eigenvalue weighted by molar-refractivity contribution is 6.00. The number of anilines is 1. The van der Waals surface area contributed by atoms with Crippen molar-refractivity contribution in [1.82, 2.24) is 10.2 Å². The molecule has 4 unspecified atom stereocenters. The van der Waals surface area contributed by atoms with Gasteiger partial charge in [-0.05, 0) is 93.5 Å². The van der Waals surface area contributed by atoms with Gasteiger partial charge in [0.1, 0.15) is 17.7 Å². The lowest BCUT2D eigenvalue weighted by molar-refractivity contribution is -0.141. The van der Waals surface area contributed by atoms with Gasteiger partial charge in [0, 0.05) is 11.7 Å². The number of hydrogen-bond donors (Lipinski definition) is 2. The molecule has 39 heavy (non-hydrogen) atoms. The third-order valence-corrected chi connectivity index (χ3v) is 7.17. The Labute approximate surface area is 230 Å². The monoisotopic (exact) mass is 529 g/mol. The predicted molar refractivity (Wildman–Crippen MR) is 154 cm³/mol. The number of nitrogens with one attached hydrogen (secondary N) is 2. The van der Waals surface area contributed by atoms with Crippen LogP contribution in [0.1, 0.15) is 63.8 Å². The summed E-state index contributed by atoms with van der Waals surface area (Å²) in [4.78, 5) is 42.1. The van der Waals surface area contributed by atoms with Gasteiger partial charge in [0.25, 0.3) is 5.91 Å². The van der Waals surface area contributed by atoms with Gasteiger partial charge in [-0.3, -0.25) is 9.59 Å². The Morgan fingerprint density at radius 3 is 2.23 bits per heavy atom. The molecule has 2 N–H and O–H groups in total. The first-order valence-electron chi connectivity index (χ1n) is 13.5. The minimum atomic E-state index is -0.879. The summed E-state index contributed by atoms with van der Waals surface area (Å²) in [5.41, 5.74) is 2.83. The first kappa shape index (κ1) is 28.1. The van der Waals surface area contributed by atoms with E-state index in [1.165, 1.54) is 0 Å². The van der Waals surface area contributed by atoms with Crippen LogP contribution in [0.2, 0.25) is 0 Å². The van der Waals surface area contributed by atoms with E-state index >= 15 is 0 Å². The highest BCUT2D eigenvalue weighted by Gasteiger charge is 2.47. The van der Waals surface area contributed by atoms with Crippen LogP contribution in [0.15, 0.2) is 60.7 Å². The van der Waals surface area contributed by atoms with Crippen molar-refractivity contribution in [3.05, 3.63) is 77.4 Å². The fourth-order valence-corrected chi connectivity index (χ4v) is 4.79. The average Bonchev–Trinajstić information content (AvgIpc) is 3.58. The number of aryl methyl sites for hydroxylation is 2. The van der Waals surface area contributed by atoms with Crippen LogP contribution in [0.25, 0.3) is 10.8 Å². The highest BCUT2D eigenvalue weighted by atomic mass is 16.6. The van der Waals surface area contributed by atoms with Gasteiger partial charge in [0.2, 0.25) is 5.91 Å². The van der Waals surface area contributed by atoms with Crippen LogP contribution >= 0.6 is 0 Å². The van der Waals surface area contributed by atoms with Gasteiger partial charge >= 0.3 is 6.09 Å². The van der Waals surface area contributed by atoms with E-state index in [0.29, 0.717) is 5.69 Å². The van der Waals surface area contributed by atoms with E-state index in [1.807, 2.05) is 74.5 Å². The van der Waals surface area contributed by atoms with E-state index in [9.17, 15) is 14.4 Å². The average molecular weight is 530 g/mol. The number of alkyl carbamates (subject to hydrolysis) is 1. The molecular weight excluding hydrogens is 490 g/mol. The molecule has 7 nitrogen and oxygen atoms in total. The molecule has 206 valence electrons. The molecule has 7 heteroatoms. The molecule has 0 aromatic heterocycles. The van der Waals surface area contributed by atoms with Crippen molar-refractivity contribution >= 4 is 34.4 Å². The zero-order valence-electron chi connectivity index (χ0n) is 23.9. The Kier molecular flexibility index (Phi) is 8.00. The molecule has 1 aliphatic rings. The Morgan fingerprint density at radius 2 is 1.62 bits per heavy atom. The Balaban J connectivity index is 1.68. The molecule has 3 aromatic carbocycles. The zero-order chi connectivity index (χ0) is 28.5. The lowest BCUT2D eigenvalue weighted by atomic mass is 9.98. The summed E-state index contributed by atoms with van der Waals surface area (Å²) in [6.07, 6.45) is 0.116. The van der Waals surface area contributed by atoms with E-state index in [1.54, 1.807) is 32.6 Å². The minimum Gasteiger partial charge on any atom is -0.444 e. The molecule has 3 amide bonds. The molecule has 1 fully saturated rings. The SMILES string of the molecule is Cc1ccc(C(C(=O)Nc2ccc3ccccc3c2)N(C(=O)C(C)NC(=O)OC(C)(C)C)C2CC2C)cc1C. The molecule has 3 aromatic rings. The molecule has 0 bridgehead atoms. The number of benzene rings is 3. The molecular formula is C32H39N3O4. The van der Waals surface area contributed by atoms with Crippen molar-refractivity contribution in [2.45, 2.75) is 78.6 Å². The summed E-state index contributed by atoms with van der Waals surface area (Å²) >= 11 is 0. The second kappa shape index (κ2) is 11.1. The number of rotatable bonds is 7. The minimum absolute atomic E-state index is 0.116. The predicted octanol–water partition coefficient (Wildman–Crippen LogP) is 6.29. The second-order valence-electron chi connectivity index (χ2n) is 11.7. The van der Waals surface area contributed by atoms with Crippen molar-refractivity contribution in [2.75, 3.05) is 5.32 Å². The topological polar surface area (TPSA) is 87.7 Å². The van der Waals surface area contributed by atoms with Crippen molar-refractivity contribution in [2.24, 2.45) is 5.92 Å². The summed E-state index contributed by atoms with van der Waals surface area (Å²) in [7, 11) is 0. The van der Waals surface area contributed by atoms with Gasteiger partial charge in [0.05, 0.1) is 0 Å². The third-order valence-electron chi connectivity index (χ3n) is 7.17. The van der Waals surface area contributed by atoms with Gasteiger partial charge < -0.3 is 20.3 Å². The smallest absolute Gasteiger partial charge is 0.408 e. The van der Waals surface area contributed by atoms with Crippen molar-refractivity contribution < 1.29 is 19.1 Å². The fraction of sp³-hybridized carbons (Fsp3) is 0.406. The largest absolute Gasteiger partial charge is 0.444 e. The van der Waals surface area contributed by atoms with Crippen LogP contribution in [-0.2, 0) is 14.3 Å². The van der Waals surface area contributed by atoms with Gasteiger partial charge in [-0.15, -0.1) is 0 Å². The highest BCUT2D eigenvalue weighted by Crippen LogP contribution is 2.41. The molecule has 4 atom stereocenters. The quantitative estimate of drug-likeness (QED) is 0.377. The maximum Gasteiger partial charge on any atom is 0.408 e. The molecule has 0 aliphatic heterocycles. The molecule has 1 aliphatic carbocycles. The van der Waals surface area contributed by atoms with Crippen molar-refractivity contribution in [1.29, 1.82) is 0 Å². The van der Waals surface area contributed by atoms with Crippen molar-refractivity contribution in [3.8, 4) is 0 Å². The van der Waals surface area contributed by atoms with E-state index in [0.717, 1.165) is 33.9 Å². The van der Waals surface area contributed by atoms with E-state index in [2.05, 4.69) is 17.6 Å². The first-order chi connectivity index (χ1) is 18.3. The van der Waals surface area contributed by atoms with Gasteiger partial charge in [-0.1, -0.05) is 55.5 Å². The van der Waals surface area contributed by atoms with Crippen LogP contribution in [0.4, 0.5) is 10.5 Å². The Bertz CT molecular complexity index is 1390. The molecule has 4 rings (SSSR count). The number of hydrogen-bond acceptors (Lipinski definition) is 4. The Hall–Kier alpha value is -3.87. The van der Waals surface area contributed by atoms with Gasteiger partial charge in [-0.2, -0.15) is 0 Å². The van der Waals surface area contributed by atoms with E-state index in [4.69, 9.17) is 4.74 Å². The van der Waals surface area contributed by atoms with Crippen LogP contribution in [0.5, 0.6) is 0 Å². The standard InChI is InChI=1S/C32H39N3O4/c1-19-12-13-25(16-20(19)2)28(29(36)34-26-15-14-23-10-8-9-11-24(23)18-26)35(27-17-21(27)3)30(37)22(4)33-31(38)39-32(5,6)7/h8-16,18,21-22,27-28H,17H2,1-7H3,(H,33,38)(H,34,36). The maximum absolute atomic E-state index is 14.0. The lowest BCUT2D eigenvalue weighted by Crippen LogP contribution is -2.52. The third kappa shape index (κ3) is 6.77. The number of amides is 3. The summed E-state index contributed by atoms with van der Waals surface area (Å²) in [6, 6.07) is 17.7. The number of nitrogens with zero attached hydrogens (tertiary/aromatic N) is 1.